The first-order valence-corrected chi connectivity index (χ1v) is 6.01. The van der Waals surface area contributed by atoms with Crippen LogP contribution in [0.4, 0.5) is 19.1 Å². The van der Waals surface area contributed by atoms with Gasteiger partial charge in [-0.15, -0.1) is 0 Å². The van der Waals surface area contributed by atoms with Crippen LogP contribution < -0.4 is 10.6 Å². The first-order chi connectivity index (χ1) is 9.40. The Morgan fingerprint density at radius 2 is 2.25 bits per heavy atom. The SMILES string of the molecule is CCN(C[C@H]1COC(N)=N1)c1nccc(C(F)(F)F)n1. The van der Waals surface area contributed by atoms with Crippen molar-refractivity contribution in [2.75, 3.05) is 24.6 Å². The summed E-state index contributed by atoms with van der Waals surface area (Å²) in [6.45, 7) is 2.90. The highest BCUT2D eigenvalue weighted by Gasteiger charge is 2.33. The van der Waals surface area contributed by atoms with Crippen LogP contribution in [0, 0.1) is 0 Å². The van der Waals surface area contributed by atoms with Crippen LogP contribution in [0.25, 0.3) is 0 Å². The molecule has 2 rings (SSSR count). The van der Waals surface area contributed by atoms with E-state index in [1.54, 1.807) is 11.8 Å². The molecule has 9 heteroatoms. The Balaban J connectivity index is 2.15. The molecule has 1 aliphatic heterocycles. The summed E-state index contributed by atoms with van der Waals surface area (Å²) in [7, 11) is 0. The molecule has 6 nitrogen and oxygen atoms in total. The predicted molar refractivity (Wildman–Crippen MR) is 66.3 cm³/mol. The van der Waals surface area contributed by atoms with Crippen molar-refractivity contribution in [3.05, 3.63) is 18.0 Å². The minimum absolute atomic E-state index is 0.0167. The molecular weight excluding hydrogens is 275 g/mol. The molecule has 0 saturated carbocycles. The summed E-state index contributed by atoms with van der Waals surface area (Å²) in [6.07, 6.45) is -3.40. The number of anilines is 1. The van der Waals surface area contributed by atoms with E-state index in [0.717, 1.165) is 12.3 Å². The van der Waals surface area contributed by atoms with E-state index in [0.29, 0.717) is 19.7 Å². The second kappa shape index (κ2) is 5.51. The molecule has 0 amide bonds. The third kappa shape index (κ3) is 3.28. The van der Waals surface area contributed by atoms with Crippen LogP contribution in [0.1, 0.15) is 12.6 Å². The number of amidine groups is 1. The molecule has 0 saturated heterocycles. The van der Waals surface area contributed by atoms with Gasteiger partial charge in [-0.3, -0.25) is 0 Å². The van der Waals surface area contributed by atoms with Crippen molar-refractivity contribution >= 4 is 12.0 Å². The number of halogens is 3. The van der Waals surface area contributed by atoms with E-state index in [1.165, 1.54) is 0 Å². The number of hydrogen-bond donors (Lipinski definition) is 1. The number of nitrogens with zero attached hydrogens (tertiary/aromatic N) is 4. The van der Waals surface area contributed by atoms with Crippen molar-refractivity contribution < 1.29 is 17.9 Å². The lowest BCUT2D eigenvalue weighted by molar-refractivity contribution is -0.141. The smallest absolute Gasteiger partial charge is 0.433 e. The number of ether oxygens (including phenoxy) is 1. The summed E-state index contributed by atoms with van der Waals surface area (Å²) in [6, 6.07) is 0.704. The molecule has 2 heterocycles. The van der Waals surface area contributed by atoms with Gasteiger partial charge >= 0.3 is 6.18 Å². The number of aromatic nitrogens is 2. The van der Waals surface area contributed by atoms with Crippen LogP contribution in [0.2, 0.25) is 0 Å². The number of rotatable bonds is 4. The molecule has 0 fully saturated rings. The van der Waals surface area contributed by atoms with Crippen LogP contribution in [-0.2, 0) is 10.9 Å². The average Bonchev–Trinajstić information content (AvgIpc) is 2.81. The third-order valence-electron chi connectivity index (χ3n) is 2.76. The third-order valence-corrected chi connectivity index (χ3v) is 2.76. The van der Waals surface area contributed by atoms with E-state index in [4.69, 9.17) is 10.5 Å². The van der Waals surface area contributed by atoms with Crippen molar-refractivity contribution in [3.8, 4) is 0 Å². The fraction of sp³-hybridized carbons (Fsp3) is 0.545. The fourth-order valence-electron chi connectivity index (χ4n) is 1.79. The highest BCUT2D eigenvalue weighted by molar-refractivity contribution is 5.73. The second-order valence-electron chi connectivity index (χ2n) is 4.21. The monoisotopic (exact) mass is 289 g/mol. The Morgan fingerprint density at radius 1 is 1.50 bits per heavy atom. The quantitative estimate of drug-likeness (QED) is 0.896. The molecule has 0 radical (unpaired) electrons. The number of hydrogen-bond acceptors (Lipinski definition) is 6. The minimum Gasteiger partial charge on any atom is -0.463 e. The Labute approximate surface area is 113 Å². The van der Waals surface area contributed by atoms with Gasteiger partial charge in [-0.2, -0.15) is 13.2 Å². The maximum atomic E-state index is 12.6. The van der Waals surface area contributed by atoms with E-state index in [1.807, 2.05) is 0 Å². The van der Waals surface area contributed by atoms with Gasteiger partial charge in [0.15, 0.2) is 0 Å². The summed E-state index contributed by atoms with van der Waals surface area (Å²) in [5.74, 6) is 0.0167. The standard InChI is InChI=1S/C11H14F3N5O/c1-2-19(5-7-6-20-9(15)17-7)10-16-4-3-8(18-10)11(12,13)14/h3-4,7H,2,5-6H2,1H3,(H2,15,17)/t7-/m0/s1. The van der Waals surface area contributed by atoms with Gasteiger partial charge in [-0.25, -0.2) is 15.0 Å². The normalized spacial score (nSPS) is 18.6. The van der Waals surface area contributed by atoms with Crippen LogP contribution in [-0.4, -0.2) is 41.7 Å². The lowest BCUT2D eigenvalue weighted by atomic mass is 10.3. The van der Waals surface area contributed by atoms with Gasteiger partial charge in [0.25, 0.3) is 6.02 Å². The first-order valence-electron chi connectivity index (χ1n) is 6.01. The maximum Gasteiger partial charge on any atom is 0.433 e. The summed E-state index contributed by atoms with van der Waals surface area (Å²) in [5.41, 5.74) is 4.43. The van der Waals surface area contributed by atoms with Gasteiger partial charge < -0.3 is 15.4 Å². The Hall–Kier alpha value is -2.06. The number of likely N-dealkylation sites (N-methyl/N-ethyl adjacent to an activating group) is 1. The minimum atomic E-state index is -4.49. The van der Waals surface area contributed by atoms with Gasteiger partial charge in [0, 0.05) is 19.3 Å². The molecule has 0 aromatic carbocycles. The van der Waals surface area contributed by atoms with Crippen molar-refractivity contribution in [1.82, 2.24) is 9.97 Å². The molecule has 2 N–H and O–H groups in total. The Bertz CT molecular complexity index is 505. The zero-order valence-electron chi connectivity index (χ0n) is 10.8. The summed E-state index contributed by atoms with van der Waals surface area (Å²) in [5, 5.41) is 0. The predicted octanol–water partition coefficient (Wildman–Crippen LogP) is 1.04. The zero-order valence-corrected chi connectivity index (χ0v) is 10.8. The van der Waals surface area contributed by atoms with E-state index >= 15 is 0 Å². The van der Waals surface area contributed by atoms with Gasteiger partial charge in [0.2, 0.25) is 5.95 Å². The summed E-state index contributed by atoms with van der Waals surface area (Å²) >= 11 is 0. The van der Waals surface area contributed by atoms with Crippen LogP contribution >= 0.6 is 0 Å². The molecule has 1 aliphatic rings. The summed E-state index contributed by atoms with van der Waals surface area (Å²) < 4.78 is 42.9. The fourth-order valence-corrected chi connectivity index (χ4v) is 1.79. The molecular formula is C11H14F3N5O. The number of nitrogens with two attached hydrogens (primary N) is 1. The van der Waals surface area contributed by atoms with Gasteiger partial charge in [0.1, 0.15) is 18.3 Å². The molecule has 20 heavy (non-hydrogen) atoms. The van der Waals surface area contributed by atoms with E-state index in [2.05, 4.69) is 15.0 Å². The summed E-state index contributed by atoms with van der Waals surface area (Å²) in [4.78, 5) is 13.1. The lowest BCUT2D eigenvalue weighted by Gasteiger charge is -2.22. The van der Waals surface area contributed by atoms with Crippen LogP contribution in [0.5, 0.6) is 0 Å². The maximum absolute atomic E-state index is 12.6. The van der Waals surface area contributed by atoms with Crippen molar-refractivity contribution in [1.29, 1.82) is 0 Å². The van der Waals surface area contributed by atoms with Crippen molar-refractivity contribution in [2.45, 2.75) is 19.1 Å². The van der Waals surface area contributed by atoms with E-state index in [9.17, 15) is 13.2 Å². The number of alkyl halides is 3. The molecule has 1 aromatic rings. The second-order valence-corrected chi connectivity index (χ2v) is 4.21. The average molecular weight is 289 g/mol. The Morgan fingerprint density at radius 3 is 2.80 bits per heavy atom. The van der Waals surface area contributed by atoms with Crippen LogP contribution in [0.3, 0.4) is 0 Å². The van der Waals surface area contributed by atoms with Crippen LogP contribution in [0.15, 0.2) is 17.3 Å². The van der Waals surface area contributed by atoms with Gasteiger partial charge in [-0.1, -0.05) is 0 Å². The molecule has 0 aliphatic carbocycles. The molecule has 110 valence electrons. The zero-order chi connectivity index (χ0) is 14.8. The molecule has 1 aromatic heterocycles. The van der Waals surface area contributed by atoms with Crippen molar-refractivity contribution in [2.24, 2.45) is 10.7 Å². The number of aliphatic imine (C=N–C) groups is 1. The van der Waals surface area contributed by atoms with E-state index in [-0.39, 0.29) is 18.0 Å². The topological polar surface area (TPSA) is 76.6 Å². The Kier molecular flexibility index (Phi) is 3.96. The van der Waals surface area contributed by atoms with Crippen molar-refractivity contribution in [3.63, 3.8) is 0 Å². The van der Waals surface area contributed by atoms with E-state index < -0.39 is 11.9 Å². The first kappa shape index (κ1) is 14.4. The largest absolute Gasteiger partial charge is 0.463 e. The lowest BCUT2D eigenvalue weighted by Crippen LogP contribution is -2.34. The molecule has 1 atom stereocenters. The highest BCUT2D eigenvalue weighted by Crippen LogP contribution is 2.28. The van der Waals surface area contributed by atoms with Gasteiger partial charge in [-0.05, 0) is 13.0 Å². The molecule has 0 unspecified atom stereocenters. The highest BCUT2D eigenvalue weighted by atomic mass is 19.4. The molecule has 0 bridgehead atoms. The van der Waals surface area contributed by atoms with Gasteiger partial charge in [0.05, 0.1) is 0 Å². The molecule has 0 spiro atoms.